The van der Waals surface area contributed by atoms with Crippen LogP contribution in [0.2, 0.25) is 10.0 Å². The summed E-state index contributed by atoms with van der Waals surface area (Å²) in [5.41, 5.74) is -0.130. The number of halogens is 5. The van der Waals surface area contributed by atoms with E-state index in [0.29, 0.717) is 11.3 Å². The van der Waals surface area contributed by atoms with Gasteiger partial charge < -0.3 is 15.7 Å². The highest BCUT2D eigenvalue weighted by Gasteiger charge is 2.40. The normalized spacial score (nSPS) is 17.5. The molecule has 3 rings (SSSR count). The van der Waals surface area contributed by atoms with E-state index in [2.05, 4.69) is 15.7 Å². The Bertz CT molecular complexity index is 1050. The number of hydrogen-bond donors (Lipinski definition) is 3. The molecule has 1 aliphatic heterocycles. The highest BCUT2D eigenvalue weighted by Crippen LogP contribution is 2.40. The van der Waals surface area contributed by atoms with E-state index in [9.17, 15) is 23.1 Å². The van der Waals surface area contributed by atoms with E-state index >= 15 is 0 Å². The topological polar surface area (TPSA) is 79.2 Å². The number of aliphatic hydroxyl groups is 1. The highest BCUT2D eigenvalue weighted by atomic mass is 35.5. The van der Waals surface area contributed by atoms with Crippen molar-refractivity contribution in [1.29, 1.82) is 0 Å². The number of anilines is 1. The van der Waals surface area contributed by atoms with E-state index in [-0.39, 0.29) is 41.4 Å². The lowest BCUT2D eigenvalue weighted by Crippen LogP contribution is -2.45. The monoisotopic (exact) mass is 506 g/mol. The van der Waals surface area contributed by atoms with E-state index in [1.165, 1.54) is 12.1 Å². The summed E-state index contributed by atoms with van der Waals surface area (Å²) in [7, 11) is 0. The van der Waals surface area contributed by atoms with Gasteiger partial charge in [-0.15, -0.1) is 0 Å². The van der Waals surface area contributed by atoms with Crippen LogP contribution in [0.1, 0.15) is 51.9 Å². The molecule has 1 aromatic heterocycles. The van der Waals surface area contributed by atoms with Crippen molar-refractivity contribution in [2.45, 2.75) is 52.9 Å². The maximum Gasteiger partial charge on any atom is 0.435 e. The maximum atomic E-state index is 13.4. The summed E-state index contributed by atoms with van der Waals surface area (Å²) in [5, 5.41) is 19.6. The molecule has 0 bridgehead atoms. The van der Waals surface area contributed by atoms with E-state index in [0.717, 1.165) is 17.2 Å². The van der Waals surface area contributed by atoms with Crippen LogP contribution >= 0.6 is 23.2 Å². The maximum absolute atomic E-state index is 13.4. The van der Waals surface area contributed by atoms with Gasteiger partial charge in [0.1, 0.15) is 11.9 Å². The molecule has 0 saturated heterocycles. The molecule has 0 fully saturated rings. The molecule has 2 aromatic rings. The number of hydrogen-bond acceptors (Lipinski definition) is 4. The quantitative estimate of drug-likeness (QED) is 0.472. The molecule has 1 aromatic carbocycles. The predicted octanol–water partition coefficient (Wildman–Crippen LogP) is 5.66. The lowest BCUT2D eigenvalue weighted by atomic mass is 9.93. The van der Waals surface area contributed by atoms with Crippen molar-refractivity contribution in [3.05, 3.63) is 56.8 Å². The van der Waals surface area contributed by atoms with Crippen LogP contribution in [0.4, 0.5) is 19.0 Å². The number of rotatable bonds is 6. The van der Waals surface area contributed by atoms with Gasteiger partial charge in [0, 0.05) is 11.8 Å². The summed E-state index contributed by atoms with van der Waals surface area (Å²) in [4.78, 5) is 13.3. The van der Waals surface area contributed by atoms with Crippen molar-refractivity contribution >= 4 is 34.9 Å². The minimum atomic E-state index is -4.66. The molecule has 3 N–H and O–H groups in total. The Morgan fingerprint density at radius 3 is 2.52 bits per heavy atom. The zero-order valence-electron chi connectivity index (χ0n) is 17.6. The van der Waals surface area contributed by atoms with Gasteiger partial charge in [-0.25, -0.2) is 4.68 Å². The number of nitrogens with zero attached hydrogens (tertiary/aromatic N) is 2. The highest BCUT2D eigenvalue weighted by molar-refractivity contribution is 6.42. The first-order valence-electron chi connectivity index (χ1n) is 9.99. The second-order valence-corrected chi connectivity index (χ2v) is 8.56. The Labute approximate surface area is 200 Å². The molecule has 1 amide bonds. The molecule has 0 aliphatic carbocycles. The van der Waals surface area contributed by atoms with Gasteiger partial charge in [-0.3, -0.25) is 4.79 Å². The molecular weight excluding hydrogens is 480 g/mol. The standard InChI is InChI=1S/C21H23Cl2F3N4O2.CH4/c1-4-10(2)15(9-31)28-20(32)18-11(3)27-17-8-16(21(24,25)26)29-30(17)19(18)12-5-6-13(22)14(23)7-12;/h5-8,10,15,19,27,31H,4,9H2,1-3H3,(H,28,32);1H4. The first kappa shape index (κ1) is 27.0. The van der Waals surface area contributed by atoms with Crippen molar-refractivity contribution < 1.29 is 23.1 Å². The molecule has 11 heteroatoms. The molecule has 1 aliphatic rings. The molecule has 6 nitrogen and oxygen atoms in total. The minimum absolute atomic E-state index is 0. The number of aliphatic hydroxyl groups excluding tert-OH is 1. The number of carbonyl (C=O) groups excluding carboxylic acids is 1. The smallest absolute Gasteiger partial charge is 0.394 e. The molecule has 33 heavy (non-hydrogen) atoms. The predicted molar refractivity (Wildman–Crippen MR) is 123 cm³/mol. The van der Waals surface area contributed by atoms with Crippen LogP contribution in [0.15, 0.2) is 35.5 Å². The third kappa shape index (κ3) is 5.47. The Balaban J connectivity index is 0.00000385. The van der Waals surface area contributed by atoms with Gasteiger partial charge in [0.2, 0.25) is 0 Å². The molecular formula is C22H27Cl2F3N4O2. The first-order chi connectivity index (χ1) is 15.0. The van der Waals surface area contributed by atoms with Crippen LogP contribution in [-0.4, -0.2) is 33.4 Å². The molecule has 0 spiro atoms. The average molecular weight is 507 g/mol. The Hall–Kier alpha value is -2.23. The lowest BCUT2D eigenvalue weighted by Gasteiger charge is -2.31. The van der Waals surface area contributed by atoms with Gasteiger partial charge in [-0.2, -0.15) is 18.3 Å². The number of fused-ring (bicyclic) bond motifs is 1. The summed E-state index contributed by atoms with van der Waals surface area (Å²) in [6.07, 6.45) is -3.95. The Morgan fingerprint density at radius 1 is 1.30 bits per heavy atom. The van der Waals surface area contributed by atoms with E-state index in [4.69, 9.17) is 23.2 Å². The second kappa shape index (κ2) is 10.4. The third-order valence-corrected chi connectivity index (χ3v) is 6.35. The largest absolute Gasteiger partial charge is 0.435 e. The summed E-state index contributed by atoms with van der Waals surface area (Å²) in [5.74, 6) is -0.454. The van der Waals surface area contributed by atoms with E-state index in [1.54, 1.807) is 13.0 Å². The zero-order valence-corrected chi connectivity index (χ0v) is 19.1. The van der Waals surface area contributed by atoms with Crippen molar-refractivity contribution in [1.82, 2.24) is 15.1 Å². The lowest BCUT2D eigenvalue weighted by molar-refractivity contribution is -0.141. The summed E-state index contributed by atoms with van der Waals surface area (Å²) in [6.45, 7) is 5.14. The van der Waals surface area contributed by atoms with Crippen LogP contribution in [-0.2, 0) is 11.0 Å². The summed E-state index contributed by atoms with van der Waals surface area (Å²) in [6, 6.07) is 3.97. The van der Waals surface area contributed by atoms with Gasteiger partial charge in [-0.05, 0) is 30.5 Å². The van der Waals surface area contributed by atoms with Crippen LogP contribution in [0, 0.1) is 5.92 Å². The van der Waals surface area contributed by atoms with E-state index < -0.39 is 29.9 Å². The van der Waals surface area contributed by atoms with Crippen molar-refractivity contribution in [3.63, 3.8) is 0 Å². The number of amides is 1. The van der Waals surface area contributed by atoms with Crippen LogP contribution < -0.4 is 10.6 Å². The van der Waals surface area contributed by atoms with Crippen molar-refractivity contribution in [2.75, 3.05) is 11.9 Å². The fourth-order valence-corrected chi connectivity index (χ4v) is 3.90. The second-order valence-electron chi connectivity index (χ2n) is 7.74. The number of benzene rings is 1. The average Bonchev–Trinajstić information content (AvgIpc) is 3.16. The van der Waals surface area contributed by atoms with Crippen molar-refractivity contribution in [2.24, 2.45) is 5.92 Å². The fourth-order valence-electron chi connectivity index (χ4n) is 3.59. The fraction of sp³-hybridized carbons (Fsp3) is 0.455. The van der Waals surface area contributed by atoms with Crippen LogP contribution in [0.25, 0.3) is 0 Å². The minimum Gasteiger partial charge on any atom is -0.394 e. The number of nitrogens with one attached hydrogen (secondary N) is 2. The molecule has 182 valence electrons. The van der Waals surface area contributed by atoms with E-state index in [1.807, 2.05) is 13.8 Å². The zero-order chi connectivity index (χ0) is 23.8. The molecule has 3 unspecified atom stereocenters. The Kier molecular flexibility index (Phi) is 8.48. The molecule has 3 atom stereocenters. The first-order valence-corrected chi connectivity index (χ1v) is 10.7. The SMILES string of the molecule is C.CCC(C)C(CO)NC(=O)C1=C(C)Nc2cc(C(F)(F)F)nn2C1c1ccc(Cl)c(Cl)c1. The molecule has 2 heterocycles. The van der Waals surface area contributed by atoms with Gasteiger partial charge in [0.05, 0.1) is 28.3 Å². The molecule has 0 radical (unpaired) electrons. The van der Waals surface area contributed by atoms with Crippen LogP contribution in [0.5, 0.6) is 0 Å². The summed E-state index contributed by atoms with van der Waals surface area (Å²) < 4.78 is 41.2. The van der Waals surface area contributed by atoms with Crippen LogP contribution in [0.3, 0.4) is 0 Å². The van der Waals surface area contributed by atoms with Gasteiger partial charge in [0.15, 0.2) is 5.69 Å². The van der Waals surface area contributed by atoms with Crippen molar-refractivity contribution in [3.8, 4) is 0 Å². The number of alkyl halides is 3. The summed E-state index contributed by atoms with van der Waals surface area (Å²) >= 11 is 12.2. The Morgan fingerprint density at radius 2 is 1.97 bits per heavy atom. The van der Waals surface area contributed by atoms with Gasteiger partial charge in [0.25, 0.3) is 5.91 Å². The van der Waals surface area contributed by atoms with Gasteiger partial charge >= 0.3 is 6.18 Å². The number of aromatic nitrogens is 2. The third-order valence-electron chi connectivity index (χ3n) is 5.61. The molecule has 0 saturated carbocycles. The van der Waals surface area contributed by atoms with Gasteiger partial charge in [-0.1, -0.05) is 57.0 Å². The number of carbonyl (C=O) groups is 1. The number of allylic oxidation sites excluding steroid dienone is 1.